The van der Waals surface area contributed by atoms with E-state index < -0.39 is 9.04 Å². The van der Waals surface area contributed by atoms with Gasteiger partial charge in [0.05, 0.1) is 92.5 Å². The highest BCUT2D eigenvalue weighted by atomic mass is 28.3. The Balaban J connectivity index is 2.98. The molecule has 0 aliphatic heterocycles. The Morgan fingerprint density at radius 2 is 0.759 bits per heavy atom. The molecule has 0 fully saturated rings. The van der Waals surface area contributed by atoms with E-state index in [1.807, 2.05) is 6.55 Å². The van der Waals surface area contributed by atoms with Crippen molar-refractivity contribution < 1.29 is 42.7 Å². The monoisotopic (exact) mass is 441 g/mol. The number of rotatable bonds is 25. The average Bonchev–Trinajstić information content (AvgIpc) is 2.71. The Labute approximate surface area is 177 Å². The quantitative estimate of drug-likeness (QED) is 0.163. The van der Waals surface area contributed by atoms with E-state index in [-0.39, 0.29) is 0 Å². The van der Waals surface area contributed by atoms with Crippen LogP contribution in [0.2, 0.25) is 12.6 Å². The molecule has 0 aromatic heterocycles. The summed E-state index contributed by atoms with van der Waals surface area (Å²) in [5.41, 5.74) is 0. The van der Waals surface area contributed by atoms with Gasteiger partial charge in [-0.1, -0.05) is 0 Å². The van der Waals surface area contributed by atoms with Gasteiger partial charge in [-0.2, -0.15) is 0 Å². The second-order valence-electron chi connectivity index (χ2n) is 6.12. The van der Waals surface area contributed by atoms with Gasteiger partial charge in [-0.15, -0.1) is 0 Å². The lowest BCUT2D eigenvalue weighted by atomic mass is 10.5. The summed E-state index contributed by atoms with van der Waals surface area (Å²) in [5, 5.41) is 0. The van der Waals surface area contributed by atoms with E-state index in [1.54, 1.807) is 7.11 Å². The van der Waals surface area contributed by atoms with Gasteiger partial charge >= 0.3 is 0 Å². The van der Waals surface area contributed by atoms with Crippen molar-refractivity contribution in [2.75, 3.05) is 106 Å². The maximum absolute atomic E-state index is 9.21. The molecule has 1 radical (unpaired) electrons. The summed E-state index contributed by atoms with van der Waals surface area (Å²) in [7, 11) is 0.528. The van der Waals surface area contributed by atoms with Crippen LogP contribution in [0, 0.1) is 0 Å². The standard InChI is InChI=1S/C19H41O9Si/c1-21-5-6-23-9-10-25-13-14-27-17-18-28-16-15-26-12-11-24-8-7-22-4-3-19-29(2)20/h20H,3-19H2,1-2H3. The minimum Gasteiger partial charge on any atom is -0.432 e. The Bertz CT molecular complexity index is 299. The number of methoxy groups -OCH3 is 1. The number of ether oxygens (including phenoxy) is 8. The van der Waals surface area contributed by atoms with Gasteiger partial charge < -0.3 is 42.7 Å². The Morgan fingerprint density at radius 3 is 1.03 bits per heavy atom. The van der Waals surface area contributed by atoms with E-state index in [0.29, 0.717) is 99.1 Å². The van der Waals surface area contributed by atoms with Crippen LogP contribution in [-0.4, -0.2) is 120 Å². The first-order valence-corrected chi connectivity index (χ1v) is 12.5. The lowest BCUT2D eigenvalue weighted by Gasteiger charge is -2.08. The second-order valence-corrected chi connectivity index (χ2v) is 8.09. The summed E-state index contributed by atoms with van der Waals surface area (Å²) < 4.78 is 42.6. The fourth-order valence-electron chi connectivity index (χ4n) is 1.99. The summed E-state index contributed by atoms with van der Waals surface area (Å²) in [5.74, 6) is 0. The van der Waals surface area contributed by atoms with Crippen LogP contribution >= 0.6 is 0 Å². The topological polar surface area (TPSA) is 94.1 Å². The van der Waals surface area contributed by atoms with Crippen LogP contribution in [0.3, 0.4) is 0 Å². The lowest BCUT2D eigenvalue weighted by molar-refractivity contribution is -0.0221. The van der Waals surface area contributed by atoms with Crippen molar-refractivity contribution in [3.8, 4) is 0 Å². The molecule has 0 atom stereocenters. The van der Waals surface area contributed by atoms with Gasteiger partial charge in [-0.25, -0.2) is 0 Å². The third-order valence-electron chi connectivity index (χ3n) is 3.49. The van der Waals surface area contributed by atoms with Gasteiger partial charge in [-0.3, -0.25) is 0 Å². The molecule has 0 bridgehead atoms. The van der Waals surface area contributed by atoms with Crippen molar-refractivity contribution in [1.29, 1.82) is 0 Å². The van der Waals surface area contributed by atoms with Gasteiger partial charge in [0.25, 0.3) is 0 Å². The highest BCUT2D eigenvalue weighted by molar-refractivity contribution is 6.48. The summed E-state index contributed by atoms with van der Waals surface area (Å²) in [4.78, 5) is 9.21. The molecule has 0 heterocycles. The number of hydrogen-bond acceptors (Lipinski definition) is 9. The fraction of sp³-hybridized carbons (Fsp3) is 1.00. The Hall–Kier alpha value is -0.143. The first-order valence-electron chi connectivity index (χ1n) is 10.3. The van der Waals surface area contributed by atoms with E-state index in [2.05, 4.69) is 0 Å². The summed E-state index contributed by atoms with van der Waals surface area (Å²) in [6, 6.07) is 0.869. The molecule has 10 heteroatoms. The average molecular weight is 442 g/mol. The SMILES string of the molecule is COCCOCCOCCOCCOCCOCCOCCOCCC[Si](C)O. The molecule has 29 heavy (non-hydrogen) atoms. The molecule has 0 spiro atoms. The van der Waals surface area contributed by atoms with Gasteiger partial charge in [0, 0.05) is 13.7 Å². The maximum atomic E-state index is 9.21. The van der Waals surface area contributed by atoms with Crippen molar-refractivity contribution >= 4 is 9.04 Å². The highest BCUT2D eigenvalue weighted by Crippen LogP contribution is 1.94. The van der Waals surface area contributed by atoms with E-state index in [0.717, 1.165) is 12.5 Å². The second kappa shape index (κ2) is 25.9. The molecule has 0 aromatic carbocycles. The molecule has 0 saturated carbocycles. The van der Waals surface area contributed by atoms with Crippen LogP contribution in [0.1, 0.15) is 6.42 Å². The largest absolute Gasteiger partial charge is 0.432 e. The third kappa shape index (κ3) is 27.9. The van der Waals surface area contributed by atoms with Crippen molar-refractivity contribution in [3.05, 3.63) is 0 Å². The van der Waals surface area contributed by atoms with Crippen molar-refractivity contribution in [2.45, 2.75) is 19.0 Å². The molecule has 175 valence electrons. The van der Waals surface area contributed by atoms with Gasteiger partial charge in [0.2, 0.25) is 9.04 Å². The van der Waals surface area contributed by atoms with E-state index in [9.17, 15) is 4.80 Å². The van der Waals surface area contributed by atoms with Crippen LogP contribution in [-0.2, 0) is 37.9 Å². The minimum atomic E-state index is -1.12. The Morgan fingerprint density at radius 1 is 0.483 bits per heavy atom. The van der Waals surface area contributed by atoms with Crippen LogP contribution in [0.15, 0.2) is 0 Å². The molecule has 0 rings (SSSR count). The predicted octanol–water partition coefficient (Wildman–Crippen LogP) is 0.753. The molecule has 0 unspecified atom stereocenters. The van der Waals surface area contributed by atoms with Crippen molar-refractivity contribution in [3.63, 3.8) is 0 Å². The zero-order valence-electron chi connectivity index (χ0n) is 18.2. The fourth-order valence-corrected chi connectivity index (χ4v) is 2.65. The first-order chi connectivity index (χ1) is 14.3. The third-order valence-corrected chi connectivity index (χ3v) is 4.57. The van der Waals surface area contributed by atoms with Crippen molar-refractivity contribution in [2.24, 2.45) is 0 Å². The zero-order chi connectivity index (χ0) is 21.3. The molecule has 0 aliphatic rings. The summed E-state index contributed by atoms with van der Waals surface area (Å²) >= 11 is 0. The van der Waals surface area contributed by atoms with E-state index in [1.165, 1.54) is 0 Å². The highest BCUT2D eigenvalue weighted by Gasteiger charge is 1.99. The summed E-state index contributed by atoms with van der Waals surface area (Å²) in [6.07, 6.45) is 0.911. The van der Waals surface area contributed by atoms with Crippen LogP contribution in [0.25, 0.3) is 0 Å². The van der Waals surface area contributed by atoms with Crippen LogP contribution in [0.5, 0.6) is 0 Å². The van der Waals surface area contributed by atoms with Crippen LogP contribution in [0.4, 0.5) is 0 Å². The summed E-state index contributed by atoms with van der Waals surface area (Å²) in [6.45, 7) is 10.3. The smallest absolute Gasteiger partial charge is 0.203 e. The normalized spacial score (nSPS) is 11.6. The lowest BCUT2D eigenvalue weighted by Crippen LogP contribution is -2.15. The van der Waals surface area contributed by atoms with E-state index >= 15 is 0 Å². The van der Waals surface area contributed by atoms with Crippen LogP contribution < -0.4 is 0 Å². The van der Waals surface area contributed by atoms with Crippen molar-refractivity contribution in [1.82, 2.24) is 0 Å². The molecule has 0 amide bonds. The minimum absolute atomic E-state index is 0.535. The molecule has 9 nitrogen and oxygen atoms in total. The molecular formula is C19H41O9Si. The van der Waals surface area contributed by atoms with Gasteiger partial charge in [0.1, 0.15) is 0 Å². The van der Waals surface area contributed by atoms with Gasteiger partial charge in [-0.05, 0) is 19.0 Å². The maximum Gasteiger partial charge on any atom is 0.203 e. The molecule has 0 aromatic rings. The van der Waals surface area contributed by atoms with Gasteiger partial charge in [0.15, 0.2) is 0 Å². The Kier molecular flexibility index (Phi) is 25.8. The predicted molar refractivity (Wildman–Crippen MR) is 111 cm³/mol. The zero-order valence-corrected chi connectivity index (χ0v) is 19.2. The molecular weight excluding hydrogens is 400 g/mol. The molecule has 1 N–H and O–H groups in total. The number of hydrogen-bond donors (Lipinski definition) is 1. The molecule has 0 saturated heterocycles. The first kappa shape index (κ1) is 28.9. The molecule has 0 aliphatic carbocycles. The van der Waals surface area contributed by atoms with E-state index in [4.69, 9.17) is 37.9 Å².